The molecule has 0 spiro atoms. The predicted octanol–water partition coefficient (Wildman–Crippen LogP) is 6.38. The van der Waals surface area contributed by atoms with Gasteiger partial charge in [0.05, 0.1) is 18.1 Å². The first-order valence-corrected chi connectivity index (χ1v) is 12.3. The molecule has 4 nitrogen and oxygen atoms in total. The Morgan fingerprint density at radius 2 is 1.16 bits per heavy atom. The van der Waals surface area contributed by atoms with Crippen LogP contribution in [0.15, 0.2) is 121 Å². The second kappa shape index (κ2) is 9.86. The fraction of sp³-hybridized carbons (Fsp3) is 0.182. The smallest absolute Gasteiger partial charge is 0.169 e. The number of aliphatic hydroxyl groups is 1. The maximum Gasteiger partial charge on any atom is 0.169 e. The molecule has 0 radical (unpaired) electrons. The number of carbonyl (C=O) groups is 1. The van der Waals surface area contributed by atoms with Crippen molar-refractivity contribution in [2.24, 2.45) is 11.3 Å². The highest BCUT2D eigenvalue weighted by Gasteiger charge is 2.64. The molecule has 1 N–H and O–H groups in total. The monoisotopic (exact) mass is 482 g/mol. The Bertz CT molecular complexity index is 1440. The zero-order valence-corrected chi connectivity index (χ0v) is 20.2. The van der Waals surface area contributed by atoms with Gasteiger partial charge in [-0.2, -0.15) is 10.5 Å². The van der Waals surface area contributed by atoms with Crippen LogP contribution in [0, 0.1) is 34.0 Å². The van der Waals surface area contributed by atoms with Gasteiger partial charge in [-0.1, -0.05) is 121 Å². The molecule has 0 aromatic heterocycles. The van der Waals surface area contributed by atoms with Gasteiger partial charge in [-0.15, -0.1) is 0 Å². The molecule has 180 valence electrons. The summed E-state index contributed by atoms with van der Waals surface area (Å²) in [4.78, 5) is 14.4. The molecule has 1 fully saturated rings. The van der Waals surface area contributed by atoms with Gasteiger partial charge in [-0.3, -0.25) is 4.79 Å². The molecule has 1 aliphatic carbocycles. The summed E-state index contributed by atoms with van der Waals surface area (Å²) in [5, 5.41) is 34.2. The normalized spacial score (nSPS) is 24.4. The summed E-state index contributed by atoms with van der Waals surface area (Å²) < 4.78 is 0. The topological polar surface area (TPSA) is 84.9 Å². The Kier molecular flexibility index (Phi) is 6.45. The van der Waals surface area contributed by atoms with Crippen molar-refractivity contribution < 1.29 is 9.90 Å². The van der Waals surface area contributed by atoms with Gasteiger partial charge < -0.3 is 5.11 Å². The molecular formula is C33H26N2O2. The van der Waals surface area contributed by atoms with Gasteiger partial charge in [-0.25, -0.2) is 0 Å². The van der Waals surface area contributed by atoms with Gasteiger partial charge in [-0.05, 0) is 23.1 Å². The molecular weight excluding hydrogens is 456 g/mol. The summed E-state index contributed by atoms with van der Waals surface area (Å²) in [6, 6.07) is 41.4. The zero-order chi connectivity index (χ0) is 25.9. The second-order valence-electron chi connectivity index (χ2n) is 9.65. The number of hydrogen-bond donors (Lipinski definition) is 1. The van der Waals surface area contributed by atoms with E-state index in [2.05, 4.69) is 12.1 Å². The van der Waals surface area contributed by atoms with Gasteiger partial charge >= 0.3 is 0 Å². The van der Waals surface area contributed by atoms with Crippen molar-refractivity contribution in [1.82, 2.24) is 0 Å². The van der Waals surface area contributed by atoms with Gasteiger partial charge in [0.2, 0.25) is 0 Å². The van der Waals surface area contributed by atoms with E-state index in [4.69, 9.17) is 0 Å². The summed E-state index contributed by atoms with van der Waals surface area (Å²) in [5.74, 6) is -2.89. The number of nitrogens with zero attached hydrogens (tertiary/aromatic N) is 2. The van der Waals surface area contributed by atoms with Crippen LogP contribution < -0.4 is 0 Å². The second-order valence-corrected chi connectivity index (χ2v) is 9.65. The predicted molar refractivity (Wildman–Crippen MR) is 141 cm³/mol. The van der Waals surface area contributed by atoms with Gasteiger partial charge in [0.1, 0.15) is 5.60 Å². The summed E-state index contributed by atoms with van der Waals surface area (Å²) in [6.07, 6.45) is 0.0503. The largest absolute Gasteiger partial charge is 0.384 e. The Morgan fingerprint density at radius 1 is 0.703 bits per heavy atom. The minimum Gasteiger partial charge on any atom is -0.384 e. The summed E-state index contributed by atoms with van der Waals surface area (Å²) in [6.45, 7) is 0. The maximum absolute atomic E-state index is 14.4. The molecule has 5 rings (SSSR count). The Balaban J connectivity index is 1.85. The van der Waals surface area contributed by atoms with Crippen LogP contribution in [0.5, 0.6) is 0 Å². The number of ketones is 1. The Hall–Kier alpha value is -4.51. The number of benzene rings is 4. The van der Waals surface area contributed by atoms with E-state index in [1.807, 2.05) is 97.1 Å². The van der Waals surface area contributed by atoms with E-state index in [0.29, 0.717) is 16.7 Å². The average molecular weight is 483 g/mol. The molecule has 0 amide bonds. The quantitative estimate of drug-likeness (QED) is 0.335. The van der Waals surface area contributed by atoms with E-state index in [9.17, 15) is 20.4 Å². The lowest BCUT2D eigenvalue weighted by Gasteiger charge is -2.53. The van der Waals surface area contributed by atoms with Crippen molar-refractivity contribution in [2.45, 2.75) is 23.9 Å². The van der Waals surface area contributed by atoms with Crippen molar-refractivity contribution in [2.75, 3.05) is 0 Å². The fourth-order valence-electron chi connectivity index (χ4n) is 6.03. The van der Waals surface area contributed by atoms with Crippen molar-refractivity contribution in [3.63, 3.8) is 0 Å². The highest BCUT2D eigenvalue weighted by atomic mass is 16.3. The van der Waals surface area contributed by atoms with Crippen molar-refractivity contribution in [3.05, 3.63) is 144 Å². The third kappa shape index (κ3) is 4.02. The van der Waals surface area contributed by atoms with Gasteiger partial charge in [0, 0.05) is 17.4 Å². The van der Waals surface area contributed by atoms with E-state index in [0.717, 1.165) is 5.56 Å². The highest BCUT2D eigenvalue weighted by Crippen LogP contribution is 2.63. The maximum atomic E-state index is 14.4. The van der Waals surface area contributed by atoms with Crippen LogP contribution in [-0.2, 0) is 5.60 Å². The van der Waals surface area contributed by atoms with Crippen LogP contribution in [0.25, 0.3) is 0 Å². The first kappa shape index (κ1) is 24.2. The first-order valence-electron chi connectivity index (χ1n) is 12.3. The Labute approximate surface area is 217 Å². The van der Waals surface area contributed by atoms with Crippen LogP contribution in [0.2, 0.25) is 0 Å². The third-order valence-corrected chi connectivity index (χ3v) is 7.75. The lowest BCUT2D eigenvalue weighted by Crippen LogP contribution is -2.55. The number of rotatable bonds is 5. The highest BCUT2D eigenvalue weighted by molar-refractivity contribution is 5.99. The molecule has 4 aromatic rings. The van der Waals surface area contributed by atoms with Crippen LogP contribution in [0.1, 0.15) is 45.3 Å². The fourth-order valence-corrected chi connectivity index (χ4v) is 6.03. The van der Waals surface area contributed by atoms with E-state index in [-0.39, 0.29) is 12.2 Å². The minimum absolute atomic E-state index is 0.0503. The summed E-state index contributed by atoms with van der Waals surface area (Å²) in [5.41, 5.74) is -0.742. The molecule has 1 saturated carbocycles. The Morgan fingerprint density at radius 3 is 1.68 bits per heavy atom. The van der Waals surface area contributed by atoms with Crippen molar-refractivity contribution >= 4 is 5.78 Å². The van der Waals surface area contributed by atoms with Gasteiger partial charge in [0.25, 0.3) is 0 Å². The SMILES string of the molecule is N#CC1(C#N)[C@@H](c2ccccc2)C[C@@](O)(c2ccccc2)[C@H](C(=O)c2ccccc2)[C@H]1c1ccccc1. The number of Topliss-reactive ketones (excluding diaryl/α,β-unsaturated/α-hetero) is 1. The van der Waals surface area contributed by atoms with E-state index in [1.54, 1.807) is 24.3 Å². The standard InChI is InChI=1S/C33H26N2O2/c34-22-32(23-35)28(24-13-5-1-6-14-24)21-33(37,27-19-11-4-12-20-27)30(29(32)25-15-7-2-8-16-25)31(36)26-17-9-3-10-18-26/h1-20,28-30,37H,21H2/t28-,29-,30+,33-/m1/s1. The third-order valence-electron chi connectivity index (χ3n) is 7.75. The lowest BCUT2D eigenvalue weighted by atomic mass is 9.48. The van der Waals surface area contributed by atoms with Crippen molar-refractivity contribution in [3.8, 4) is 12.1 Å². The van der Waals surface area contributed by atoms with E-state index >= 15 is 0 Å². The zero-order valence-electron chi connectivity index (χ0n) is 20.2. The lowest BCUT2D eigenvalue weighted by molar-refractivity contribution is -0.0783. The average Bonchev–Trinajstić information content (AvgIpc) is 2.98. The molecule has 4 atom stereocenters. The molecule has 37 heavy (non-hydrogen) atoms. The molecule has 0 heterocycles. The van der Waals surface area contributed by atoms with Crippen LogP contribution in [0.4, 0.5) is 0 Å². The molecule has 4 heteroatoms. The number of carbonyl (C=O) groups excluding carboxylic acids is 1. The molecule has 0 saturated heterocycles. The van der Waals surface area contributed by atoms with E-state index < -0.39 is 28.8 Å². The van der Waals surface area contributed by atoms with E-state index in [1.165, 1.54) is 0 Å². The number of nitriles is 2. The summed E-state index contributed by atoms with van der Waals surface area (Å²) >= 11 is 0. The van der Waals surface area contributed by atoms with Gasteiger partial charge in [0.15, 0.2) is 11.2 Å². The minimum atomic E-state index is -1.63. The molecule has 1 aliphatic rings. The molecule has 0 aliphatic heterocycles. The van der Waals surface area contributed by atoms with Crippen LogP contribution >= 0.6 is 0 Å². The molecule has 0 unspecified atom stereocenters. The number of hydrogen-bond acceptors (Lipinski definition) is 4. The van der Waals surface area contributed by atoms with Crippen LogP contribution in [-0.4, -0.2) is 10.9 Å². The summed E-state index contributed by atoms with van der Waals surface area (Å²) in [7, 11) is 0. The molecule has 0 bridgehead atoms. The van der Waals surface area contributed by atoms with Crippen LogP contribution in [0.3, 0.4) is 0 Å². The first-order chi connectivity index (χ1) is 18.0. The molecule has 4 aromatic carbocycles. The van der Waals surface area contributed by atoms with Crippen molar-refractivity contribution in [1.29, 1.82) is 10.5 Å².